The number of aromatic nitrogens is 2. The number of carbonyl (C=O) groups excluding carboxylic acids is 2. The minimum atomic E-state index is -0.318. The quantitative estimate of drug-likeness (QED) is 0.0512. The third-order valence-electron chi connectivity index (χ3n) is 18.8. The predicted molar refractivity (Wildman–Crippen MR) is 382 cm³/mol. The zero-order valence-corrected chi connectivity index (χ0v) is 58.9. The van der Waals surface area contributed by atoms with Gasteiger partial charge in [0.2, 0.25) is 16.8 Å². The van der Waals surface area contributed by atoms with Gasteiger partial charge in [-0.25, -0.2) is 4.99 Å². The van der Waals surface area contributed by atoms with Crippen molar-refractivity contribution in [2.45, 2.75) is 394 Å². The lowest BCUT2D eigenvalue weighted by Crippen LogP contribution is -2.29. The number of anilines is 1. The molecule has 9 heteroatoms. The SMILES string of the molecule is CCCCCCCCCCCCCCCCN(CCCCCCCCCCCCCCCC)C1=CC(=NC(C)=O)C(=C2C(=O)C(c3nnc(N(CCCCCCCCCCCCCCCC)CCCCCCCCCCCCCCCC)s3)=C2O)C=C1. The molecule has 87 heavy (non-hydrogen) atoms. The molecule has 2 aliphatic rings. The second-order valence-electron chi connectivity index (χ2n) is 27.0. The van der Waals surface area contributed by atoms with Gasteiger partial charge in [0.15, 0.2) is 5.01 Å². The van der Waals surface area contributed by atoms with Crippen molar-refractivity contribution in [1.82, 2.24) is 15.1 Å². The number of allylic oxidation sites excluding steroid dienone is 6. The molecule has 0 aromatic carbocycles. The van der Waals surface area contributed by atoms with Gasteiger partial charge in [-0.1, -0.05) is 373 Å². The number of hydrogen-bond acceptors (Lipinski definition) is 8. The minimum absolute atomic E-state index is 0.0670. The summed E-state index contributed by atoms with van der Waals surface area (Å²) in [5, 5.41) is 22.4. The third-order valence-corrected chi connectivity index (χ3v) is 19.8. The van der Waals surface area contributed by atoms with E-state index in [9.17, 15) is 14.7 Å². The summed E-state index contributed by atoms with van der Waals surface area (Å²) in [6.45, 7) is 14.4. The monoisotopic (exact) mass is 1230 g/mol. The Kier molecular flexibility index (Phi) is 50.1. The molecule has 0 unspecified atom stereocenters. The van der Waals surface area contributed by atoms with Crippen molar-refractivity contribution in [3.63, 3.8) is 0 Å². The molecule has 0 saturated carbocycles. The van der Waals surface area contributed by atoms with E-state index >= 15 is 0 Å². The Labute approximate surface area is 542 Å². The van der Waals surface area contributed by atoms with E-state index in [0.29, 0.717) is 16.3 Å². The maximum absolute atomic E-state index is 14.3. The first kappa shape index (κ1) is 78.2. The number of unbranched alkanes of at least 4 members (excludes halogenated alkanes) is 52. The van der Waals surface area contributed by atoms with Gasteiger partial charge >= 0.3 is 0 Å². The number of amides is 1. The first-order valence-corrected chi connectivity index (χ1v) is 39.2. The van der Waals surface area contributed by atoms with Gasteiger partial charge in [-0.3, -0.25) is 9.59 Å². The molecule has 0 fully saturated rings. The van der Waals surface area contributed by atoms with Crippen molar-refractivity contribution in [1.29, 1.82) is 0 Å². The van der Waals surface area contributed by atoms with Crippen LogP contribution in [0.2, 0.25) is 0 Å². The molecule has 0 bridgehead atoms. The first-order valence-electron chi connectivity index (χ1n) is 38.4. The zero-order valence-electron chi connectivity index (χ0n) is 58.1. The molecule has 500 valence electrons. The van der Waals surface area contributed by atoms with Crippen LogP contribution in [0.15, 0.2) is 45.8 Å². The molecular formula is C78H139N5O3S. The number of carbonyl (C=O) groups is 2. The van der Waals surface area contributed by atoms with Gasteiger partial charge in [0.05, 0.1) is 11.3 Å². The van der Waals surface area contributed by atoms with Crippen LogP contribution in [0, 0.1) is 0 Å². The average molecular weight is 1230 g/mol. The first-order chi connectivity index (χ1) is 42.9. The van der Waals surface area contributed by atoms with E-state index in [0.717, 1.165) is 62.7 Å². The molecule has 1 N–H and O–H groups in total. The van der Waals surface area contributed by atoms with E-state index in [-0.39, 0.29) is 28.6 Å². The molecule has 2 aliphatic carbocycles. The lowest BCUT2D eigenvalue weighted by atomic mass is 9.82. The summed E-state index contributed by atoms with van der Waals surface area (Å²) in [6, 6.07) is 0. The van der Waals surface area contributed by atoms with Crippen molar-refractivity contribution < 1.29 is 14.7 Å². The number of nitrogens with zero attached hydrogens (tertiary/aromatic N) is 5. The van der Waals surface area contributed by atoms with Crippen LogP contribution in [0.25, 0.3) is 5.57 Å². The zero-order chi connectivity index (χ0) is 62.3. The van der Waals surface area contributed by atoms with Crippen LogP contribution in [-0.2, 0) is 9.59 Å². The van der Waals surface area contributed by atoms with Crippen molar-refractivity contribution in [2.24, 2.45) is 4.99 Å². The second-order valence-corrected chi connectivity index (χ2v) is 28.0. The van der Waals surface area contributed by atoms with Crippen LogP contribution in [0.1, 0.15) is 399 Å². The molecule has 1 heterocycles. The second kappa shape index (κ2) is 55.7. The van der Waals surface area contributed by atoms with Crippen LogP contribution in [0.5, 0.6) is 0 Å². The third kappa shape index (κ3) is 38.4. The van der Waals surface area contributed by atoms with Crippen LogP contribution >= 0.6 is 11.3 Å². The minimum Gasteiger partial charge on any atom is -0.506 e. The summed E-state index contributed by atoms with van der Waals surface area (Å²) in [4.78, 5) is 36.5. The van der Waals surface area contributed by atoms with E-state index in [1.165, 1.54) is 352 Å². The van der Waals surface area contributed by atoms with Gasteiger partial charge in [-0.05, 0) is 43.9 Å². The smallest absolute Gasteiger partial charge is 0.243 e. The summed E-state index contributed by atoms with van der Waals surface area (Å²) >= 11 is 1.43. The van der Waals surface area contributed by atoms with Crippen LogP contribution in [0.3, 0.4) is 0 Å². The Bertz CT molecular complexity index is 1930. The van der Waals surface area contributed by atoms with Crippen LogP contribution in [0.4, 0.5) is 5.13 Å². The van der Waals surface area contributed by atoms with E-state index in [2.05, 4.69) is 53.7 Å². The lowest BCUT2D eigenvalue weighted by Gasteiger charge is -2.29. The molecule has 0 aliphatic heterocycles. The van der Waals surface area contributed by atoms with Crippen molar-refractivity contribution in [2.75, 3.05) is 31.1 Å². The standard InChI is InChI=1S/C78H139N5O3S/c1-6-10-14-18-22-26-30-34-38-42-46-50-54-58-64-82(65-59-55-51-47-43-39-35-31-27-23-19-15-11-7-2)70-62-63-71(72(68-70)79-69(5)84)73-75(85)74(76(73)86)77-80-81-78(87-77)83(66-60-56-52-48-44-40-36-32-28-24-20-16-12-8-3)67-61-57-53-49-45-41-37-33-29-25-21-17-13-9-4/h62-63,68,85H,6-61,64-67H2,1-5H3. The summed E-state index contributed by atoms with van der Waals surface area (Å²) in [7, 11) is 0. The maximum Gasteiger partial charge on any atom is 0.243 e. The predicted octanol–water partition coefficient (Wildman–Crippen LogP) is 25.2. The highest BCUT2D eigenvalue weighted by Gasteiger charge is 2.40. The van der Waals surface area contributed by atoms with Gasteiger partial charge in [0.1, 0.15) is 11.3 Å². The molecule has 0 spiro atoms. The van der Waals surface area contributed by atoms with E-state index in [1.54, 1.807) is 0 Å². The fourth-order valence-electron chi connectivity index (χ4n) is 13.1. The summed E-state index contributed by atoms with van der Waals surface area (Å²) in [6.07, 6.45) is 81.0. The molecule has 0 atom stereocenters. The number of hydrogen-bond donors (Lipinski definition) is 1. The van der Waals surface area contributed by atoms with E-state index in [1.807, 2.05) is 12.2 Å². The molecule has 1 aromatic heterocycles. The molecule has 0 radical (unpaired) electrons. The Hall–Kier alpha value is -3.07. The van der Waals surface area contributed by atoms with Gasteiger partial charge in [-0.2, -0.15) is 0 Å². The number of ketones is 1. The maximum atomic E-state index is 14.3. The average Bonchev–Trinajstić information content (AvgIpc) is 1.68. The van der Waals surface area contributed by atoms with Crippen molar-refractivity contribution in [3.8, 4) is 0 Å². The van der Waals surface area contributed by atoms with Gasteiger partial charge < -0.3 is 14.9 Å². The normalized spacial score (nSPS) is 14.7. The molecule has 1 amide bonds. The van der Waals surface area contributed by atoms with Crippen LogP contribution < -0.4 is 4.90 Å². The van der Waals surface area contributed by atoms with Gasteiger partial charge in [0.25, 0.3) is 0 Å². The highest BCUT2D eigenvalue weighted by molar-refractivity contribution is 7.16. The van der Waals surface area contributed by atoms with Crippen molar-refractivity contribution in [3.05, 3.63) is 45.8 Å². The molecule has 8 nitrogen and oxygen atoms in total. The van der Waals surface area contributed by atoms with E-state index in [4.69, 9.17) is 5.10 Å². The molecule has 0 saturated heterocycles. The number of aliphatic imine (C=N–C) groups is 1. The van der Waals surface area contributed by atoms with Crippen LogP contribution in [-0.4, -0.2) is 63.8 Å². The Morgan fingerprint density at radius 3 is 0.943 bits per heavy atom. The molecule has 1 aromatic rings. The van der Waals surface area contributed by atoms with Crippen molar-refractivity contribution >= 4 is 39.4 Å². The highest BCUT2D eigenvalue weighted by Crippen LogP contribution is 2.42. The largest absolute Gasteiger partial charge is 0.506 e. The van der Waals surface area contributed by atoms with E-state index < -0.39 is 0 Å². The summed E-state index contributed by atoms with van der Waals surface area (Å²) in [5.74, 6) is -0.640. The molecular weight excluding hydrogens is 1090 g/mol. The van der Waals surface area contributed by atoms with Gasteiger partial charge in [-0.15, -0.1) is 10.2 Å². The lowest BCUT2D eigenvalue weighted by molar-refractivity contribution is -0.115. The fraction of sp³-hybridized carbons (Fsp3) is 0.833. The number of aliphatic hydroxyl groups is 1. The Morgan fingerprint density at radius 2 is 0.667 bits per heavy atom. The summed E-state index contributed by atoms with van der Waals surface area (Å²) < 4.78 is 0. The highest BCUT2D eigenvalue weighted by atomic mass is 32.1. The number of Topliss-reactive ketones (excluding diaryl/α,β-unsaturated/α-hetero) is 1. The number of aliphatic hydroxyl groups excluding tert-OH is 1. The fourth-order valence-corrected chi connectivity index (χ4v) is 14.1. The molecule has 3 rings (SSSR count). The Balaban J connectivity index is 1.64. The summed E-state index contributed by atoms with van der Waals surface area (Å²) in [5.41, 5.74) is 2.45. The Morgan fingerprint density at radius 1 is 0.391 bits per heavy atom. The van der Waals surface area contributed by atoms with Gasteiger partial charge in [0, 0.05) is 44.4 Å². The number of rotatable bonds is 63. The topological polar surface area (TPSA) is 99.0 Å².